The number of anilines is 2. The molecular weight excluding hydrogens is 380 g/mol. The van der Waals surface area contributed by atoms with E-state index in [4.69, 9.17) is 14.2 Å². The Morgan fingerprint density at radius 2 is 1.70 bits per heavy atom. The molecule has 0 spiro atoms. The maximum absolute atomic E-state index is 12.6. The van der Waals surface area contributed by atoms with E-state index < -0.39 is 0 Å². The zero-order valence-corrected chi connectivity index (χ0v) is 18.2. The van der Waals surface area contributed by atoms with Gasteiger partial charge in [0.05, 0.1) is 37.8 Å². The molecule has 3 rings (SSSR count). The Morgan fingerprint density at radius 3 is 2.37 bits per heavy atom. The number of carbonyl (C=O) groups is 1. The second-order valence-corrected chi connectivity index (χ2v) is 7.32. The largest absolute Gasteiger partial charge is 0.492 e. The molecule has 1 amide bonds. The molecule has 0 aliphatic carbocycles. The lowest BCUT2D eigenvalue weighted by molar-refractivity contribution is -0.116. The van der Waals surface area contributed by atoms with E-state index in [0.29, 0.717) is 50.7 Å². The van der Waals surface area contributed by atoms with Gasteiger partial charge in [0.15, 0.2) is 0 Å². The van der Waals surface area contributed by atoms with Crippen LogP contribution in [-0.2, 0) is 16.0 Å². The molecule has 1 saturated heterocycles. The lowest BCUT2D eigenvalue weighted by atomic mass is 10.1. The molecule has 0 saturated carbocycles. The standard InChI is InChI=1S/C24H32N2O4/c1-4-29-22-17-21(26-12-14-28-15-13-26)23(30-5-2)16-20(22)25-24(27)11-10-19-8-6-18(3)7-9-19/h6-9,16-17H,4-5,10-15H2,1-3H3,(H,25,27). The smallest absolute Gasteiger partial charge is 0.224 e. The van der Waals surface area contributed by atoms with Crippen molar-refractivity contribution in [3.05, 3.63) is 47.5 Å². The van der Waals surface area contributed by atoms with Crippen molar-refractivity contribution < 1.29 is 19.0 Å². The first-order chi connectivity index (χ1) is 14.6. The molecule has 0 unspecified atom stereocenters. The molecule has 6 nitrogen and oxygen atoms in total. The van der Waals surface area contributed by atoms with Gasteiger partial charge in [0.1, 0.15) is 11.5 Å². The average Bonchev–Trinajstić information content (AvgIpc) is 2.76. The molecule has 0 aromatic heterocycles. The van der Waals surface area contributed by atoms with E-state index in [9.17, 15) is 4.79 Å². The topological polar surface area (TPSA) is 60.0 Å². The third-order valence-corrected chi connectivity index (χ3v) is 5.05. The molecule has 1 heterocycles. The maximum Gasteiger partial charge on any atom is 0.224 e. The average molecular weight is 413 g/mol. The van der Waals surface area contributed by atoms with Crippen LogP contribution in [0.4, 0.5) is 11.4 Å². The number of ether oxygens (including phenoxy) is 3. The van der Waals surface area contributed by atoms with Crippen LogP contribution in [-0.4, -0.2) is 45.4 Å². The Balaban J connectivity index is 1.76. The van der Waals surface area contributed by atoms with E-state index in [-0.39, 0.29) is 5.91 Å². The minimum absolute atomic E-state index is 0.0434. The van der Waals surface area contributed by atoms with Gasteiger partial charge in [-0.05, 0) is 32.8 Å². The third-order valence-electron chi connectivity index (χ3n) is 5.05. The first-order valence-corrected chi connectivity index (χ1v) is 10.7. The fourth-order valence-electron chi connectivity index (χ4n) is 3.47. The fourth-order valence-corrected chi connectivity index (χ4v) is 3.47. The molecule has 1 N–H and O–H groups in total. The number of hydrogen-bond donors (Lipinski definition) is 1. The highest BCUT2D eigenvalue weighted by molar-refractivity contribution is 5.93. The number of hydrogen-bond acceptors (Lipinski definition) is 5. The Morgan fingerprint density at radius 1 is 1.03 bits per heavy atom. The van der Waals surface area contributed by atoms with E-state index in [1.807, 2.05) is 26.0 Å². The Kier molecular flexibility index (Phi) is 7.97. The van der Waals surface area contributed by atoms with E-state index in [1.165, 1.54) is 5.56 Å². The summed E-state index contributed by atoms with van der Waals surface area (Å²) in [6.07, 6.45) is 1.10. The second-order valence-electron chi connectivity index (χ2n) is 7.32. The number of benzene rings is 2. The molecule has 0 atom stereocenters. The molecule has 2 aromatic carbocycles. The van der Waals surface area contributed by atoms with E-state index in [1.54, 1.807) is 0 Å². The summed E-state index contributed by atoms with van der Waals surface area (Å²) < 4.78 is 17.2. The van der Waals surface area contributed by atoms with Crippen molar-refractivity contribution in [3.63, 3.8) is 0 Å². The highest BCUT2D eigenvalue weighted by Crippen LogP contribution is 2.39. The molecule has 30 heavy (non-hydrogen) atoms. The zero-order valence-electron chi connectivity index (χ0n) is 18.2. The predicted molar refractivity (Wildman–Crippen MR) is 120 cm³/mol. The number of rotatable bonds is 9. The van der Waals surface area contributed by atoms with Gasteiger partial charge in [-0.15, -0.1) is 0 Å². The summed E-state index contributed by atoms with van der Waals surface area (Å²) in [6, 6.07) is 12.1. The monoisotopic (exact) mass is 412 g/mol. The molecule has 6 heteroatoms. The summed E-state index contributed by atoms with van der Waals surface area (Å²) in [7, 11) is 0. The van der Waals surface area contributed by atoms with Crippen molar-refractivity contribution in [1.82, 2.24) is 0 Å². The minimum Gasteiger partial charge on any atom is -0.492 e. The second kappa shape index (κ2) is 10.9. The number of amides is 1. The van der Waals surface area contributed by atoms with Crippen molar-refractivity contribution in [2.45, 2.75) is 33.6 Å². The van der Waals surface area contributed by atoms with Crippen molar-refractivity contribution in [3.8, 4) is 11.5 Å². The number of nitrogens with one attached hydrogen (secondary N) is 1. The van der Waals surface area contributed by atoms with Crippen LogP contribution in [0.15, 0.2) is 36.4 Å². The summed E-state index contributed by atoms with van der Waals surface area (Å²) in [5.74, 6) is 1.36. The number of morpholine rings is 1. The minimum atomic E-state index is -0.0434. The van der Waals surface area contributed by atoms with Crippen molar-refractivity contribution in [1.29, 1.82) is 0 Å². The summed E-state index contributed by atoms with van der Waals surface area (Å²) in [4.78, 5) is 14.9. The van der Waals surface area contributed by atoms with Crippen LogP contribution in [0.1, 0.15) is 31.4 Å². The van der Waals surface area contributed by atoms with Crippen LogP contribution in [0, 0.1) is 6.92 Å². The zero-order chi connectivity index (χ0) is 21.3. The van der Waals surface area contributed by atoms with Gasteiger partial charge in [0.2, 0.25) is 5.91 Å². The van der Waals surface area contributed by atoms with Gasteiger partial charge < -0.3 is 24.4 Å². The van der Waals surface area contributed by atoms with Crippen molar-refractivity contribution >= 4 is 17.3 Å². The van der Waals surface area contributed by atoms with Gasteiger partial charge in [-0.25, -0.2) is 0 Å². The summed E-state index contributed by atoms with van der Waals surface area (Å²) in [6.45, 7) is 9.99. The van der Waals surface area contributed by atoms with Crippen LogP contribution in [0.3, 0.4) is 0 Å². The van der Waals surface area contributed by atoms with Crippen LogP contribution >= 0.6 is 0 Å². The van der Waals surface area contributed by atoms with E-state index >= 15 is 0 Å². The number of aryl methyl sites for hydroxylation is 2. The third kappa shape index (κ3) is 5.89. The van der Waals surface area contributed by atoms with E-state index in [0.717, 1.165) is 30.1 Å². The Labute approximate surface area is 179 Å². The van der Waals surface area contributed by atoms with Crippen LogP contribution in [0.25, 0.3) is 0 Å². The molecule has 162 valence electrons. The van der Waals surface area contributed by atoms with E-state index in [2.05, 4.69) is 41.4 Å². The van der Waals surface area contributed by atoms with Gasteiger partial charge in [0.25, 0.3) is 0 Å². The van der Waals surface area contributed by atoms with Gasteiger partial charge in [-0.1, -0.05) is 29.8 Å². The lowest BCUT2D eigenvalue weighted by Gasteiger charge is -2.31. The van der Waals surface area contributed by atoms with Gasteiger partial charge >= 0.3 is 0 Å². The van der Waals surface area contributed by atoms with Crippen molar-refractivity contribution in [2.75, 3.05) is 49.7 Å². The SMILES string of the molecule is CCOc1cc(N2CCOCC2)c(OCC)cc1NC(=O)CCc1ccc(C)cc1. The van der Waals surface area contributed by atoms with Crippen LogP contribution in [0.2, 0.25) is 0 Å². The molecule has 0 radical (unpaired) electrons. The Hall–Kier alpha value is -2.73. The van der Waals surface area contributed by atoms with Crippen molar-refractivity contribution in [2.24, 2.45) is 0 Å². The quantitative estimate of drug-likeness (QED) is 0.669. The number of carbonyl (C=O) groups excluding carboxylic acids is 1. The molecular formula is C24H32N2O4. The first kappa shape index (κ1) is 22.0. The molecule has 1 aliphatic heterocycles. The normalized spacial score (nSPS) is 13.8. The maximum atomic E-state index is 12.6. The van der Waals surface area contributed by atoms with Gasteiger partial charge in [0, 0.05) is 31.6 Å². The predicted octanol–water partition coefficient (Wildman–Crippen LogP) is 4.20. The fraction of sp³-hybridized carbons (Fsp3) is 0.458. The van der Waals surface area contributed by atoms with Gasteiger partial charge in [-0.3, -0.25) is 4.79 Å². The van der Waals surface area contributed by atoms with Crippen LogP contribution in [0.5, 0.6) is 11.5 Å². The van der Waals surface area contributed by atoms with Gasteiger partial charge in [-0.2, -0.15) is 0 Å². The summed E-state index contributed by atoms with van der Waals surface area (Å²) >= 11 is 0. The Bertz CT molecular complexity index is 830. The first-order valence-electron chi connectivity index (χ1n) is 10.7. The summed E-state index contributed by atoms with van der Waals surface area (Å²) in [5.41, 5.74) is 3.99. The molecule has 1 fully saturated rings. The summed E-state index contributed by atoms with van der Waals surface area (Å²) in [5, 5.41) is 3.02. The highest BCUT2D eigenvalue weighted by Gasteiger charge is 2.20. The molecule has 1 aliphatic rings. The highest BCUT2D eigenvalue weighted by atomic mass is 16.5. The lowest BCUT2D eigenvalue weighted by Crippen LogP contribution is -2.36. The number of nitrogens with zero attached hydrogens (tertiary/aromatic N) is 1. The molecule has 0 bridgehead atoms. The molecule has 2 aromatic rings. The van der Waals surface area contributed by atoms with Crippen LogP contribution < -0.4 is 19.7 Å².